The summed E-state index contributed by atoms with van der Waals surface area (Å²) in [5, 5.41) is 4.66. The van der Waals surface area contributed by atoms with Gasteiger partial charge in [-0.1, -0.05) is 17.7 Å². The Balaban J connectivity index is 2.03. The number of aromatic nitrogens is 3. The molecule has 0 N–H and O–H groups in total. The number of fused-ring (bicyclic) bond motifs is 1. The lowest BCUT2D eigenvalue weighted by Crippen LogP contribution is -2.17. The van der Waals surface area contributed by atoms with Gasteiger partial charge in [-0.2, -0.15) is 18.3 Å². The molecule has 3 rings (SSSR count). The van der Waals surface area contributed by atoms with Crippen LogP contribution in [0.25, 0.3) is 22.2 Å². The summed E-state index contributed by atoms with van der Waals surface area (Å²) < 4.78 is 42.8. The van der Waals surface area contributed by atoms with Crippen LogP contribution in [0.3, 0.4) is 0 Å². The molecular formula is C16H11ClF3N3O2. The van der Waals surface area contributed by atoms with E-state index in [-0.39, 0.29) is 0 Å². The molecule has 0 unspecified atom stereocenters. The van der Waals surface area contributed by atoms with Crippen LogP contribution in [0.15, 0.2) is 36.7 Å². The number of alkyl halides is 3. The highest BCUT2D eigenvalue weighted by Gasteiger charge is 2.28. The molecular weight excluding hydrogens is 359 g/mol. The number of pyridine rings is 1. The van der Waals surface area contributed by atoms with Crippen LogP contribution in [0, 0.1) is 0 Å². The van der Waals surface area contributed by atoms with Gasteiger partial charge in [-0.15, -0.1) is 0 Å². The average molecular weight is 370 g/mol. The minimum Gasteiger partial charge on any atom is -0.465 e. The largest absolute Gasteiger partial charge is 0.465 e. The van der Waals surface area contributed by atoms with Crippen molar-refractivity contribution in [2.24, 2.45) is 0 Å². The molecule has 9 heteroatoms. The lowest BCUT2D eigenvalue weighted by molar-refractivity contribution is -0.142. The second-order valence-electron chi connectivity index (χ2n) is 5.25. The van der Waals surface area contributed by atoms with Crippen LogP contribution in [0.4, 0.5) is 13.2 Å². The van der Waals surface area contributed by atoms with Crippen molar-refractivity contribution >= 4 is 28.5 Å². The molecule has 0 bridgehead atoms. The van der Waals surface area contributed by atoms with Gasteiger partial charge in [0.1, 0.15) is 6.54 Å². The highest BCUT2D eigenvalue weighted by atomic mass is 35.5. The van der Waals surface area contributed by atoms with Crippen LogP contribution in [0.2, 0.25) is 5.02 Å². The van der Waals surface area contributed by atoms with E-state index in [2.05, 4.69) is 14.8 Å². The van der Waals surface area contributed by atoms with Crippen molar-refractivity contribution in [3.8, 4) is 11.3 Å². The molecule has 0 fully saturated rings. The summed E-state index contributed by atoms with van der Waals surface area (Å²) in [6, 6.07) is 6.24. The third kappa shape index (κ3) is 3.74. The first kappa shape index (κ1) is 17.2. The maximum absolute atomic E-state index is 12.4. The third-order valence-corrected chi connectivity index (χ3v) is 3.76. The number of esters is 1. The fourth-order valence-electron chi connectivity index (χ4n) is 2.34. The number of carbonyl (C=O) groups is 1. The second-order valence-corrected chi connectivity index (χ2v) is 5.66. The van der Waals surface area contributed by atoms with Gasteiger partial charge >= 0.3 is 12.1 Å². The van der Waals surface area contributed by atoms with Crippen molar-refractivity contribution in [1.29, 1.82) is 0 Å². The van der Waals surface area contributed by atoms with E-state index in [4.69, 9.17) is 11.6 Å². The molecule has 3 aromatic rings. The Morgan fingerprint density at radius 3 is 2.76 bits per heavy atom. The summed E-state index contributed by atoms with van der Waals surface area (Å²) in [6.45, 7) is -1.19. The fraction of sp³-hybridized carbons (Fsp3) is 0.188. The molecule has 0 aliphatic carbocycles. The zero-order valence-corrected chi connectivity index (χ0v) is 13.6. The first-order valence-electron chi connectivity index (χ1n) is 7.05. The SMILES string of the molecule is COC(=O)c1ccc2c(Cl)cc(-c3cnn(CC(F)(F)F)c3)nc2c1. The van der Waals surface area contributed by atoms with Gasteiger partial charge in [0, 0.05) is 17.1 Å². The number of nitrogens with zero attached hydrogens (tertiary/aromatic N) is 3. The van der Waals surface area contributed by atoms with Crippen LogP contribution in [-0.2, 0) is 11.3 Å². The van der Waals surface area contributed by atoms with Gasteiger partial charge in [-0.05, 0) is 18.2 Å². The lowest BCUT2D eigenvalue weighted by atomic mass is 10.1. The Morgan fingerprint density at radius 1 is 1.32 bits per heavy atom. The minimum absolute atomic E-state index is 0.295. The number of hydrogen-bond acceptors (Lipinski definition) is 4. The monoisotopic (exact) mass is 369 g/mol. The molecule has 0 saturated carbocycles. The minimum atomic E-state index is -4.37. The van der Waals surface area contributed by atoms with Crippen molar-refractivity contribution in [3.63, 3.8) is 0 Å². The van der Waals surface area contributed by atoms with Crippen molar-refractivity contribution in [1.82, 2.24) is 14.8 Å². The normalized spacial score (nSPS) is 11.7. The Labute approximate surface area is 145 Å². The fourth-order valence-corrected chi connectivity index (χ4v) is 2.61. The number of methoxy groups -OCH3 is 1. The van der Waals surface area contributed by atoms with Crippen molar-refractivity contribution in [2.45, 2.75) is 12.7 Å². The summed E-state index contributed by atoms with van der Waals surface area (Å²) in [4.78, 5) is 16.0. The van der Waals surface area contributed by atoms with Crippen molar-refractivity contribution in [3.05, 3.63) is 47.2 Å². The average Bonchev–Trinajstić information content (AvgIpc) is 3.00. The standard InChI is InChI=1S/C16H11ClF3N3O2/c1-25-15(24)9-2-3-11-12(17)5-13(22-14(11)4-9)10-6-21-23(7-10)8-16(18,19)20/h2-7H,8H2,1H3. The molecule has 2 aromatic heterocycles. The zero-order chi connectivity index (χ0) is 18.2. The van der Waals surface area contributed by atoms with Gasteiger partial charge in [0.25, 0.3) is 0 Å². The predicted octanol–water partition coefficient (Wildman–Crippen LogP) is 4.10. The Bertz CT molecular complexity index is 953. The third-order valence-electron chi connectivity index (χ3n) is 3.45. The molecule has 5 nitrogen and oxygen atoms in total. The molecule has 25 heavy (non-hydrogen) atoms. The number of hydrogen-bond donors (Lipinski definition) is 0. The van der Waals surface area contributed by atoms with E-state index < -0.39 is 18.7 Å². The Morgan fingerprint density at radius 2 is 2.08 bits per heavy atom. The van der Waals surface area contributed by atoms with E-state index in [0.717, 1.165) is 4.68 Å². The first-order chi connectivity index (χ1) is 11.8. The molecule has 0 saturated heterocycles. The summed E-state index contributed by atoms with van der Waals surface area (Å²) in [7, 11) is 1.26. The molecule has 1 aromatic carbocycles. The van der Waals surface area contributed by atoms with Crippen molar-refractivity contribution < 1.29 is 22.7 Å². The molecule has 0 aliphatic rings. The molecule has 2 heterocycles. The summed E-state index contributed by atoms with van der Waals surface area (Å²) in [5.41, 5.74) is 1.46. The lowest BCUT2D eigenvalue weighted by Gasteiger charge is -2.06. The van der Waals surface area contributed by atoms with Crippen LogP contribution in [0.5, 0.6) is 0 Å². The molecule has 130 valence electrons. The van der Waals surface area contributed by atoms with E-state index in [0.29, 0.717) is 32.7 Å². The van der Waals surface area contributed by atoms with Crippen molar-refractivity contribution in [2.75, 3.05) is 7.11 Å². The number of halogens is 4. The van der Waals surface area contributed by atoms with Crippen LogP contribution >= 0.6 is 11.6 Å². The van der Waals surface area contributed by atoms with Gasteiger partial charge in [-0.3, -0.25) is 4.68 Å². The maximum Gasteiger partial charge on any atom is 0.408 e. The second kappa shape index (κ2) is 6.36. The van der Waals surface area contributed by atoms with Crippen LogP contribution in [-0.4, -0.2) is 34.0 Å². The van der Waals surface area contributed by atoms with Crippen LogP contribution in [0.1, 0.15) is 10.4 Å². The van der Waals surface area contributed by atoms with Crippen LogP contribution < -0.4 is 0 Å². The number of ether oxygens (including phenoxy) is 1. The number of benzene rings is 1. The summed E-state index contributed by atoms with van der Waals surface area (Å²) in [5.74, 6) is -0.525. The molecule has 0 radical (unpaired) electrons. The predicted molar refractivity (Wildman–Crippen MR) is 85.4 cm³/mol. The Hall–Kier alpha value is -2.61. The number of rotatable bonds is 3. The van der Waals surface area contributed by atoms with E-state index >= 15 is 0 Å². The van der Waals surface area contributed by atoms with E-state index in [1.165, 1.54) is 31.6 Å². The summed E-state index contributed by atoms with van der Waals surface area (Å²) in [6.07, 6.45) is -1.85. The first-order valence-corrected chi connectivity index (χ1v) is 7.43. The molecule has 0 amide bonds. The van der Waals surface area contributed by atoms with Gasteiger partial charge in [0.05, 0.1) is 35.1 Å². The molecule has 0 spiro atoms. The highest BCUT2D eigenvalue weighted by molar-refractivity contribution is 6.35. The maximum atomic E-state index is 12.4. The molecule has 0 atom stereocenters. The highest BCUT2D eigenvalue weighted by Crippen LogP contribution is 2.29. The molecule has 0 aliphatic heterocycles. The van der Waals surface area contributed by atoms with Gasteiger partial charge in [-0.25, -0.2) is 9.78 Å². The van der Waals surface area contributed by atoms with Gasteiger partial charge < -0.3 is 4.74 Å². The van der Waals surface area contributed by atoms with Gasteiger partial charge in [0.2, 0.25) is 0 Å². The van der Waals surface area contributed by atoms with E-state index in [9.17, 15) is 18.0 Å². The number of carbonyl (C=O) groups excluding carboxylic acids is 1. The summed E-state index contributed by atoms with van der Waals surface area (Å²) >= 11 is 6.23. The smallest absolute Gasteiger partial charge is 0.408 e. The Kier molecular flexibility index (Phi) is 4.38. The van der Waals surface area contributed by atoms with Gasteiger partial charge in [0.15, 0.2) is 0 Å². The zero-order valence-electron chi connectivity index (χ0n) is 12.8. The van der Waals surface area contributed by atoms with E-state index in [1.54, 1.807) is 12.1 Å². The quantitative estimate of drug-likeness (QED) is 0.652. The van der Waals surface area contributed by atoms with E-state index in [1.807, 2.05) is 0 Å². The topological polar surface area (TPSA) is 57.0 Å².